The first-order valence-corrected chi connectivity index (χ1v) is 5.04. The van der Waals surface area contributed by atoms with Crippen molar-refractivity contribution in [3.8, 4) is 11.3 Å². The molecule has 0 fully saturated rings. The monoisotopic (exact) mass is 242 g/mol. The van der Waals surface area contributed by atoms with Crippen LogP contribution in [0.1, 0.15) is 12.1 Å². The van der Waals surface area contributed by atoms with Gasteiger partial charge in [-0.3, -0.25) is 4.68 Å². The number of aryl methyl sites for hydroxylation is 1. The zero-order chi connectivity index (χ0) is 11.7. The van der Waals surface area contributed by atoms with Gasteiger partial charge in [0.1, 0.15) is 5.69 Å². The van der Waals surface area contributed by atoms with Crippen LogP contribution >= 0.6 is 11.6 Å². The van der Waals surface area contributed by atoms with Crippen LogP contribution in [0.15, 0.2) is 30.3 Å². The van der Waals surface area contributed by atoms with Crippen molar-refractivity contribution in [1.29, 1.82) is 0 Å². The van der Waals surface area contributed by atoms with E-state index < -0.39 is 6.43 Å². The summed E-state index contributed by atoms with van der Waals surface area (Å²) in [5.74, 6) is 0. The van der Waals surface area contributed by atoms with Crippen LogP contribution in [0.2, 0.25) is 5.02 Å². The van der Waals surface area contributed by atoms with E-state index in [0.717, 1.165) is 5.56 Å². The fraction of sp³-hybridized carbons (Fsp3) is 0.182. The second-order valence-electron chi connectivity index (χ2n) is 3.39. The molecule has 0 atom stereocenters. The van der Waals surface area contributed by atoms with Crippen molar-refractivity contribution >= 4 is 11.6 Å². The van der Waals surface area contributed by atoms with Crippen LogP contribution in [0.4, 0.5) is 8.78 Å². The molecule has 1 heterocycles. The zero-order valence-electron chi connectivity index (χ0n) is 8.49. The third kappa shape index (κ3) is 2.07. The van der Waals surface area contributed by atoms with E-state index in [-0.39, 0.29) is 5.69 Å². The number of hydrogen-bond acceptors (Lipinski definition) is 1. The third-order valence-corrected chi connectivity index (χ3v) is 2.51. The lowest BCUT2D eigenvalue weighted by molar-refractivity contribution is 0.145. The molecule has 0 unspecified atom stereocenters. The Balaban J connectivity index is 2.44. The van der Waals surface area contributed by atoms with Gasteiger partial charge in [-0.2, -0.15) is 5.10 Å². The maximum atomic E-state index is 12.4. The minimum absolute atomic E-state index is 0.215. The average Bonchev–Trinajstić information content (AvgIpc) is 2.62. The second-order valence-corrected chi connectivity index (χ2v) is 3.82. The summed E-state index contributed by atoms with van der Waals surface area (Å²) in [5.41, 5.74) is 1.24. The first-order valence-electron chi connectivity index (χ1n) is 4.66. The molecule has 0 saturated heterocycles. The van der Waals surface area contributed by atoms with E-state index in [9.17, 15) is 8.78 Å². The molecule has 84 valence electrons. The summed E-state index contributed by atoms with van der Waals surface area (Å²) in [4.78, 5) is 0. The Morgan fingerprint density at radius 2 is 1.88 bits per heavy atom. The Labute approximate surface area is 96.5 Å². The first kappa shape index (κ1) is 11.1. The van der Waals surface area contributed by atoms with Gasteiger partial charge in [0.2, 0.25) is 0 Å². The molecule has 16 heavy (non-hydrogen) atoms. The van der Waals surface area contributed by atoms with Crippen LogP contribution in [0.25, 0.3) is 11.3 Å². The van der Waals surface area contributed by atoms with Crippen molar-refractivity contribution in [2.24, 2.45) is 7.05 Å². The molecule has 1 aromatic heterocycles. The van der Waals surface area contributed by atoms with Crippen molar-refractivity contribution in [2.45, 2.75) is 6.43 Å². The van der Waals surface area contributed by atoms with Crippen molar-refractivity contribution in [1.82, 2.24) is 9.78 Å². The molecule has 0 N–H and O–H groups in total. The highest BCUT2D eigenvalue weighted by Gasteiger charge is 2.14. The van der Waals surface area contributed by atoms with E-state index in [2.05, 4.69) is 5.10 Å². The predicted molar refractivity (Wildman–Crippen MR) is 58.6 cm³/mol. The van der Waals surface area contributed by atoms with Gasteiger partial charge in [-0.15, -0.1) is 0 Å². The van der Waals surface area contributed by atoms with Gasteiger partial charge in [-0.1, -0.05) is 23.7 Å². The number of rotatable bonds is 2. The van der Waals surface area contributed by atoms with Gasteiger partial charge in [0.15, 0.2) is 0 Å². The average molecular weight is 243 g/mol. The first-order chi connectivity index (χ1) is 7.58. The molecule has 0 saturated carbocycles. The molecule has 0 amide bonds. The number of halogens is 3. The normalized spacial score (nSPS) is 11.1. The van der Waals surface area contributed by atoms with Crippen molar-refractivity contribution in [3.63, 3.8) is 0 Å². The Morgan fingerprint density at radius 3 is 2.38 bits per heavy atom. The molecule has 2 nitrogen and oxygen atoms in total. The van der Waals surface area contributed by atoms with Gasteiger partial charge in [0.25, 0.3) is 6.43 Å². The summed E-state index contributed by atoms with van der Waals surface area (Å²) in [5, 5.41) is 4.35. The summed E-state index contributed by atoms with van der Waals surface area (Å²) in [6, 6.07) is 8.36. The van der Waals surface area contributed by atoms with E-state index in [4.69, 9.17) is 11.6 Å². The van der Waals surface area contributed by atoms with Crippen LogP contribution in [0.3, 0.4) is 0 Å². The molecular formula is C11H9ClF2N2. The molecule has 2 aromatic rings. The van der Waals surface area contributed by atoms with E-state index >= 15 is 0 Å². The Kier molecular flexibility index (Phi) is 2.92. The maximum absolute atomic E-state index is 12.4. The third-order valence-electron chi connectivity index (χ3n) is 2.26. The lowest BCUT2D eigenvalue weighted by atomic mass is 10.1. The molecule has 1 aromatic carbocycles. The largest absolute Gasteiger partial charge is 0.282 e. The Bertz CT molecular complexity index is 491. The highest BCUT2D eigenvalue weighted by atomic mass is 35.5. The fourth-order valence-corrected chi connectivity index (χ4v) is 1.61. The van der Waals surface area contributed by atoms with Crippen LogP contribution in [-0.4, -0.2) is 9.78 Å². The number of hydrogen-bond donors (Lipinski definition) is 0. The molecule has 0 spiro atoms. The van der Waals surface area contributed by atoms with Crippen molar-refractivity contribution in [2.75, 3.05) is 0 Å². The summed E-state index contributed by atoms with van der Waals surface area (Å²) >= 11 is 5.75. The molecule has 0 aliphatic carbocycles. The smallest absolute Gasteiger partial charge is 0.267 e. The van der Waals surface area contributed by atoms with Crippen LogP contribution in [0, 0.1) is 0 Å². The summed E-state index contributed by atoms with van der Waals surface area (Å²) in [7, 11) is 1.63. The topological polar surface area (TPSA) is 17.8 Å². The standard InChI is InChI=1S/C11H9ClF2N2/c1-16-10(6-9(15-16)11(13)14)7-2-4-8(12)5-3-7/h2-6,11H,1H3. The summed E-state index contributed by atoms with van der Waals surface area (Å²) < 4.78 is 26.3. The van der Waals surface area contributed by atoms with Crippen LogP contribution in [0.5, 0.6) is 0 Å². The lowest BCUT2D eigenvalue weighted by Gasteiger charge is -2.00. The maximum Gasteiger partial charge on any atom is 0.282 e. The van der Waals surface area contributed by atoms with E-state index in [0.29, 0.717) is 10.7 Å². The number of aromatic nitrogens is 2. The second kappa shape index (κ2) is 4.22. The molecule has 0 aliphatic heterocycles. The lowest BCUT2D eigenvalue weighted by Crippen LogP contribution is -1.94. The summed E-state index contributed by atoms with van der Waals surface area (Å²) in [6.45, 7) is 0. The van der Waals surface area contributed by atoms with E-state index in [1.807, 2.05) is 0 Å². The van der Waals surface area contributed by atoms with Crippen LogP contribution < -0.4 is 0 Å². The van der Waals surface area contributed by atoms with Gasteiger partial charge < -0.3 is 0 Å². The van der Waals surface area contributed by atoms with Gasteiger partial charge in [-0.05, 0) is 23.8 Å². The van der Waals surface area contributed by atoms with Gasteiger partial charge >= 0.3 is 0 Å². The zero-order valence-corrected chi connectivity index (χ0v) is 9.25. The molecule has 2 rings (SSSR count). The minimum Gasteiger partial charge on any atom is -0.267 e. The van der Waals surface area contributed by atoms with Crippen molar-refractivity contribution in [3.05, 3.63) is 41.0 Å². The van der Waals surface area contributed by atoms with Crippen molar-refractivity contribution < 1.29 is 8.78 Å². The van der Waals surface area contributed by atoms with Gasteiger partial charge in [0.05, 0.1) is 5.69 Å². The predicted octanol–water partition coefficient (Wildman–Crippen LogP) is 3.68. The van der Waals surface area contributed by atoms with Gasteiger partial charge in [-0.25, -0.2) is 8.78 Å². The molecule has 0 bridgehead atoms. The number of benzene rings is 1. The molecular weight excluding hydrogens is 234 g/mol. The molecule has 5 heteroatoms. The molecule has 0 aliphatic rings. The Morgan fingerprint density at radius 1 is 1.25 bits per heavy atom. The minimum atomic E-state index is -2.55. The highest BCUT2D eigenvalue weighted by Crippen LogP contribution is 2.25. The Hall–Kier alpha value is -1.42. The van der Waals surface area contributed by atoms with Crippen LogP contribution in [-0.2, 0) is 7.05 Å². The van der Waals surface area contributed by atoms with E-state index in [1.165, 1.54) is 10.7 Å². The van der Waals surface area contributed by atoms with E-state index in [1.54, 1.807) is 31.3 Å². The number of alkyl halides is 2. The quantitative estimate of drug-likeness (QED) is 0.786. The van der Waals surface area contributed by atoms with Gasteiger partial charge in [0, 0.05) is 12.1 Å². The SMILES string of the molecule is Cn1nc(C(F)F)cc1-c1ccc(Cl)cc1. The number of nitrogens with zero attached hydrogens (tertiary/aromatic N) is 2. The highest BCUT2D eigenvalue weighted by molar-refractivity contribution is 6.30. The summed E-state index contributed by atoms with van der Waals surface area (Å²) in [6.07, 6.45) is -2.55. The fourth-order valence-electron chi connectivity index (χ4n) is 1.49. The molecule has 0 radical (unpaired) electrons.